The molecule has 0 aliphatic carbocycles. The van der Waals surface area contributed by atoms with Gasteiger partial charge in [-0.05, 0) is 250 Å². The summed E-state index contributed by atoms with van der Waals surface area (Å²) < 4.78 is 7.53. The van der Waals surface area contributed by atoms with Crippen LogP contribution in [0.2, 0.25) is 0 Å². The molecule has 642 valence electrons. The van der Waals surface area contributed by atoms with Crippen LogP contribution in [0.1, 0.15) is 0 Å². The van der Waals surface area contributed by atoms with Gasteiger partial charge >= 0.3 is 0 Å². The van der Waals surface area contributed by atoms with Crippen LogP contribution in [0.15, 0.2) is 510 Å². The Morgan fingerprint density at radius 1 is 0.123 bits per heavy atom. The predicted molar refractivity (Wildman–Crippen MR) is 587 cm³/mol. The number of hydrogen-bond donors (Lipinski definition) is 0. The predicted octanol–water partition coefficient (Wildman–Crippen LogP) is 36.8. The van der Waals surface area contributed by atoms with E-state index in [-0.39, 0.29) is 0 Å². The highest BCUT2D eigenvalue weighted by Gasteiger charge is 2.30. The molecule has 25 aromatic carbocycles. The smallest absolute Gasteiger partial charge is 0.0542 e. The minimum Gasteiger partial charge on any atom is -0.310 e. The zero-order valence-electron chi connectivity index (χ0n) is 75.2. The molecule has 138 heavy (non-hydrogen) atoms. The highest BCUT2D eigenvalue weighted by Crippen LogP contribution is 2.54. The summed E-state index contributed by atoms with van der Waals surface area (Å²) in [4.78, 5) is 7.70. The van der Waals surface area contributed by atoms with Crippen LogP contribution in [0.3, 0.4) is 0 Å². The van der Waals surface area contributed by atoms with Crippen molar-refractivity contribution in [2.45, 2.75) is 0 Å². The lowest BCUT2D eigenvalue weighted by Crippen LogP contribution is -2.17. The van der Waals surface area contributed by atoms with Crippen molar-refractivity contribution in [3.8, 4) is 50.4 Å². The number of fused-ring (bicyclic) bond motifs is 18. The summed E-state index contributed by atoms with van der Waals surface area (Å²) in [5.41, 5.74) is 25.8. The van der Waals surface area contributed by atoms with Gasteiger partial charge in [-0.2, -0.15) is 0 Å². The maximum absolute atomic E-state index is 2.57. The molecule has 0 radical (unpaired) electrons. The SMILES string of the molecule is c1ccc2cc(-c3ccc4c(c3)c3cc(N(c5cc(N(c6ccc7c(c6)c6cc(-c8cccc9ccccc89)ccc6n7-c6cccc7ccccc67)c6cccc7ccccc67)cc(N(c6ccc7c(c6)c6cc(-c8cccc9ccccc89)ccc6n7-c6cccc7ccccc67)c6cccc7ccccc67)c5)c5cccc6ccccc56)ccc3n4-c3cccc4ccccc34)ccc2c1. The van der Waals surface area contributed by atoms with Crippen LogP contribution >= 0.6 is 0 Å². The van der Waals surface area contributed by atoms with E-state index in [1.165, 1.54) is 75.8 Å². The van der Waals surface area contributed by atoms with E-state index in [1.807, 2.05) is 0 Å². The van der Waals surface area contributed by atoms with Crippen molar-refractivity contribution >= 4 is 214 Å². The lowest BCUT2D eigenvalue weighted by molar-refractivity contribution is 1.19. The molecule has 0 aliphatic rings. The van der Waals surface area contributed by atoms with E-state index >= 15 is 0 Å². The molecule has 3 aromatic heterocycles. The van der Waals surface area contributed by atoms with Crippen LogP contribution in [0.5, 0.6) is 0 Å². The van der Waals surface area contributed by atoms with Gasteiger partial charge in [-0.25, -0.2) is 0 Å². The average molecular weight is 1750 g/mol. The van der Waals surface area contributed by atoms with Gasteiger partial charge in [-0.15, -0.1) is 0 Å². The molecule has 0 saturated heterocycles. The molecule has 0 aliphatic heterocycles. The summed E-state index contributed by atoms with van der Waals surface area (Å²) in [7, 11) is 0. The molecule has 6 heteroatoms. The van der Waals surface area contributed by atoms with E-state index in [0.29, 0.717) is 0 Å². The van der Waals surface area contributed by atoms with Crippen molar-refractivity contribution in [1.29, 1.82) is 0 Å². The van der Waals surface area contributed by atoms with Crippen molar-refractivity contribution in [2.24, 2.45) is 0 Å². The molecule has 0 unspecified atom stereocenters. The van der Waals surface area contributed by atoms with Crippen LogP contribution in [0.4, 0.5) is 51.2 Å². The van der Waals surface area contributed by atoms with E-state index in [9.17, 15) is 0 Å². The summed E-state index contributed by atoms with van der Waals surface area (Å²) in [5, 5.41) is 27.8. The molecule has 0 atom stereocenters. The largest absolute Gasteiger partial charge is 0.310 e. The van der Waals surface area contributed by atoms with Gasteiger partial charge in [0.1, 0.15) is 0 Å². The van der Waals surface area contributed by atoms with Crippen LogP contribution in [-0.2, 0) is 0 Å². The Balaban J connectivity index is 0.757. The lowest BCUT2D eigenvalue weighted by atomic mass is 9.97. The van der Waals surface area contributed by atoms with Gasteiger partial charge in [-0.3, -0.25) is 0 Å². The van der Waals surface area contributed by atoms with E-state index in [2.05, 4.69) is 538 Å². The second kappa shape index (κ2) is 31.7. The maximum Gasteiger partial charge on any atom is 0.0542 e. The minimum atomic E-state index is 0.935. The van der Waals surface area contributed by atoms with E-state index in [1.54, 1.807) is 0 Å². The molecule has 28 rings (SSSR count). The first-order chi connectivity index (χ1) is 68.4. The normalized spacial score (nSPS) is 11.9. The quantitative estimate of drug-likeness (QED) is 0.102. The Kier molecular flexibility index (Phi) is 18.0. The molecule has 3 heterocycles. The summed E-state index contributed by atoms with van der Waals surface area (Å²) in [5.74, 6) is 0. The van der Waals surface area contributed by atoms with Gasteiger partial charge in [0.05, 0.1) is 84.3 Å². The summed E-state index contributed by atoms with van der Waals surface area (Å²) in [6.07, 6.45) is 0. The third-order valence-electron chi connectivity index (χ3n) is 29.0. The van der Waals surface area contributed by atoms with Gasteiger partial charge in [0.25, 0.3) is 0 Å². The van der Waals surface area contributed by atoms with Crippen molar-refractivity contribution in [3.63, 3.8) is 0 Å². The Morgan fingerprint density at radius 2 is 0.355 bits per heavy atom. The Bertz CT molecular complexity index is 9480. The Morgan fingerprint density at radius 3 is 0.703 bits per heavy atom. The zero-order valence-corrected chi connectivity index (χ0v) is 75.2. The fourth-order valence-electron chi connectivity index (χ4n) is 22.7. The highest BCUT2D eigenvalue weighted by atomic mass is 15.2. The maximum atomic E-state index is 2.57. The number of nitrogens with zero attached hydrogens (tertiary/aromatic N) is 6. The highest BCUT2D eigenvalue weighted by molar-refractivity contribution is 6.19. The standard InChI is InChI=1S/C132H84N6/c1-2-36-94-75-95(62-61-85(94)27-1)96-63-69-127-115(76-96)118-82-99(66-72-130(118)136(127)124-58-24-42-91-33-8-16-50-112(91)124)133(121-55-21-39-88-30-5-13-47-109(88)121)102-79-103(134(122-56-22-40-89-31-6-14-48-110(89)122)100-67-73-131-119(83-100)116-77-97(107-53-19-37-86-28-3-11-45-105(86)107)64-70-128(116)137(131)125-59-25-43-92-34-9-17-51-113(92)125)81-104(80-102)135(123-57-23-41-90-32-7-15-49-111(90)123)101-68-74-132-120(84-101)117-78-98(108-54-20-38-87-29-4-12-46-106(87)108)65-71-129(117)138(132)126-60-26-44-93-35-10-18-52-114(93)126/h1-84H. The number of anilines is 9. The summed E-state index contributed by atoms with van der Waals surface area (Å²) in [6, 6.07) is 191. The van der Waals surface area contributed by atoms with Crippen LogP contribution in [0.25, 0.3) is 213 Å². The fraction of sp³-hybridized carbons (Fsp3) is 0. The second-order valence-corrected chi connectivity index (χ2v) is 36.6. The topological polar surface area (TPSA) is 24.5 Å². The molecule has 0 saturated carbocycles. The molecule has 6 nitrogen and oxygen atoms in total. The number of benzene rings is 25. The molecule has 0 amide bonds. The van der Waals surface area contributed by atoms with Gasteiger partial charge < -0.3 is 28.4 Å². The van der Waals surface area contributed by atoms with E-state index < -0.39 is 0 Å². The third kappa shape index (κ3) is 12.7. The lowest BCUT2D eigenvalue weighted by Gasteiger charge is -2.34. The number of hydrogen-bond acceptors (Lipinski definition) is 3. The molecular formula is C132H84N6. The molecule has 0 spiro atoms. The monoisotopic (exact) mass is 1750 g/mol. The Hall–Kier alpha value is -18.4. The van der Waals surface area contributed by atoms with Crippen molar-refractivity contribution in [3.05, 3.63) is 510 Å². The fourth-order valence-corrected chi connectivity index (χ4v) is 22.7. The van der Waals surface area contributed by atoms with Crippen LogP contribution in [-0.4, -0.2) is 13.7 Å². The van der Waals surface area contributed by atoms with Gasteiger partial charge in [0.2, 0.25) is 0 Å². The third-order valence-corrected chi connectivity index (χ3v) is 29.0. The van der Waals surface area contributed by atoms with E-state index in [0.717, 1.165) is 188 Å². The van der Waals surface area contributed by atoms with Crippen molar-refractivity contribution in [1.82, 2.24) is 13.7 Å². The number of aromatic nitrogens is 3. The molecule has 0 N–H and O–H groups in total. The molecule has 0 bridgehead atoms. The average Bonchev–Trinajstić information content (AvgIpc) is 1.64. The zero-order chi connectivity index (χ0) is 90.6. The second-order valence-electron chi connectivity index (χ2n) is 36.6. The first kappa shape index (κ1) is 78.3. The first-order valence-corrected chi connectivity index (χ1v) is 47.6. The van der Waals surface area contributed by atoms with Gasteiger partial charge in [0.15, 0.2) is 0 Å². The molecule has 0 fully saturated rings. The van der Waals surface area contributed by atoms with E-state index in [4.69, 9.17) is 0 Å². The van der Waals surface area contributed by atoms with Crippen molar-refractivity contribution < 1.29 is 0 Å². The summed E-state index contributed by atoms with van der Waals surface area (Å²) >= 11 is 0. The van der Waals surface area contributed by atoms with Gasteiger partial charge in [-0.1, -0.05) is 358 Å². The molecule has 28 aromatic rings. The van der Waals surface area contributed by atoms with Crippen molar-refractivity contribution in [2.75, 3.05) is 14.7 Å². The van der Waals surface area contributed by atoms with Gasteiger partial charge in [0, 0.05) is 81.7 Å². The van der Waals surface area contributed by atoms with Crippen LogP contribution in [0, 0.1) is 0 Å². The summed E-state index contributed by atoms with van der Waals surface area (Å²) in [6.45, 7) is 0. The first-order valence-electron chi connectivity index (χ1n) is 47.6. The van der Waals surface area contributed by atoms with Crippen LogP contribution < -0.4 is 14.7 Å². The minimum absolute atomic E-state index is 0.935. The molecular weight excluding hydrogens is 1670 g/mol. The number of rotatable bonds is 15. The Labute approximate surface area is 796 Å².